The summed E-state index contributed by atoms with van der Waals surface area (Å²) in [4.78, 5) is 16.2. The topological polar surface area (TPSA) is 102 Å². The van der Waals surface area contributed by atoms with Crippen LogP contribution in [0.4, 0.5) is 0 Å². The van der Waals surface area contributed by atoms with Crippen LogP contribution in [0.2, 0.25) is 0 Å². The maximum Gasteiger partial charge on any atom is 0.253 e. The molecule has 1 aromatic carbocycles. The number of pyridine rings is 1. The minimum atomic E-state index is -3.71. The molecule has 2 rings (SSSR count). The highest BCUT2D eigenvalue weighted by atomic mass is 32.2. The van der Waals surface area contributed by atoms with E-state index in [1.807, 2.05) is 13.8 Å². The van der Waals surface area contributed by atoms with Crippen molar-refractivity contribution in [2.45, 2.75) is 24.8 Å². The summed E-state index contributed by atoms with van der Waals surface area (Å²) in [6.07, 6.45) is 1.52. The molecule has 1 aromatic heterocycles. The summed E-state index contributed by atoms with van der Waals surface area (Å²) >= 11 is 0. The van der Waals surface area contributed by atoms with E-state index in [0.717, 1.165) is 11.3 Å². The van der Waals surface area contributed by atoms with Crippen LogP contribution in [0.1, 0.15) is 34.6 Å². The van der Waals surface area contributed by atoms with Crippen LogP contribution in [-0.4, -0.2) is 19.3 Å². The van der Waals surface area contributed by atoms with E-state index in [0.29, 0.717) is 5.56 Å². The molecular formula is C15H17N3O3S. The van der Waals surface area contributed by atoms with Gasteiger partial charge in [-0.2, -0.15) is 0 Å². The number of nitrogens with zero attached hydrogens (tertiary/aromatic N) is 1. The lowest BCUT2D eigenvalue weighted by Gasteiger charge is -2.14. The summed E-state index contributed by atoms with van der Waals surface area (Å²) in [7, 11) is -3.71. The predicted molar refractivity (Wildman–Crippen MR) is 82.7 cm³/mol. The largest absolute Gasteiger partial charge is 0.345 e. The van der Waals surface area contributed by atoms with Crippen LogP contribution >= 0.6 is 0 Å². The van der Waals surface area contributed by atoms with Crippen LogP contribution in [0.5, 0.6) is 0 Å². The quantitative estimate of drug-likeness (QED) is 0.892. The molecule has 1 heterocycles. The van der Waals surface area contributed by atoms with Crippen LogP contribution in [0.3, 0.4) is 0 Å². The highest BCUT2D eigenvalue weighted by molar-refractivity contribution is 7.89. The van der Waals surface area contributed by atoms with Gasteiger partial charge < -0.3 is 5.32 Å². The smallest absolute Gasteiger partial charge is 0.253 e. The van der Waals surface area contributed by atoms with Gasteiger partial charge in [0.1, 0.15) is 0 Å². The maximum atomic E-state index is 12.1. The molecule has 2 aromatic rings. The molecule has 1 atom stereocenters. The van der Waals surface area contributed by atoms with Crippen molar-refractivity contribution in [2.24, 2.45) is 5.14 Å². The molecule has 0 aliphatic carbocycles. The summed E-state index contributed by atoms with van der Waals surface area (Å²) in [5.74, 6) is -0.240. The number of sulfonamides is 1. The fourth-order valence-electron chi connectivity index (χ4n) is 1.91. The van der Waals surface area contributed by atoms with Crippen molar-refractivity contribution in [3.8, 4) is 0 Å². The van der Waals surface area contributed by atoms with Crippen molar-refractivity contribution in [2.75, 3.05) is 0 Å². The number of aromatic nitrogens is 1. The molecule has 0 bridgehead atoms. The van der Waals surface area contributed by atoms with Gasteiger partial charge >= 0.3 is 0 Å². The maximum absolute atomic E-state index is 12.1. The lowest BCUT2D eigenvalue weighted by Crippen LogP contribution is -2.26. The first-order valence-electron chi connectivity index (χ1n) is 6.63. The van der Waals surface area contributed by atoms with E-state index in [4.69, 9.17) is 5.14 Å². The molecule has 22 heavy (non-hydrogen) atoms. The summed E-state index contributed by atoms with van der Waals surface area (Å²) in [6, 6.07) is 9.27. The molecule has 1 amide bonds. The lowest BCUT2D eigenvalue weighted by atomic mass is 10.1. The minimum absolute atomic E-state index is 0.0394. The van der Waals surface area contributed by atoms with Crippen molar-refractivity contribution in [1.82, 2.24) is 10.3 Å². The Balaban J connectivity index is 2.10. The van der Waals surface area contributed by atoms with E-state index in [1.165, 1.54) is 18.3 Å². The van der Waals surface area contributed by atoms with Gasteiger partial charge in [-0.1, -0.05) is 12.1 Å². The first-order chi connectivity index (χ1) is 10.3. The molecule has 0 unspecified atom stereocenters. The monoisotopic (exact) mass is 319 g/mol. The molecule has 0 aliphatic heterocycles. The standard InChI is InChI=1S/C15H17N3O3S/c1-10-3-4-13(9-17-10)15(19)18-11(2)12-5-7-14(8-6-12)22(16,20)21/h3-9,11H,1-2H3,(H,18,19)(H2,16,20,21)/t11-/m1/s1. The number of carbonyl (C=O) groups is 1. The number of hydrogen-bond donors (Lipinski definition) is 2. The summed E-state index contributed by atoms with van der Waals surface area (Å²) < 4.78 is 22.4. The Morgan fingerprint density at radius 2 is 1.82 bits per heavy atom. The fourth-order valence-corrected chi connectivity index (χ4v) is 2.43. The molecule has 116 valence electrons. The second-order valence-electron chi connectivity index (χ2n) is 5.00. The number of nitrogens with two attached hydrogens (primary N) is 1. The molecule has 7 heteroatoms. The van der Waals surface area contributed by atoms with Gasteiger partial charge in [-0.15, -0.1) is 0 Å². The van der Waals surface area contributed by atoms with Crippen molar-refractivity contribution in [3.05, 3.63) is 59.4 Å². The second-order valence-corrected chi connectivity index (χ2v) is 6.56. The number of benzene rings is 1. The average Bonchev–Trinajstić information content (AvgIpc) is 2.47. The van der Waals surface area contributed by atoms with Crippen LogP contribution in [0.25, 0.3) is 0 Å². The highest BCUT2D eigenvalue weighted by Gasteiger charge is 2.13. The number of aryl methyl sites for hydroxylation is 1. The Morgan fingerprint density at radius 3 is 2.32 bits per heavy atom. The Kier molecular flexibility index (Phi) is 4.58. The van der Waals surface area contributed by atoms with Gasteiger partial charge in [-0.05, 0) is 43.7 Å². The first kappa shape index (κ1) is 16.1. The molecule has 0 spiro atoms. The van der Waals surface area contributed by atoms with E-state index in [2.05, 4.69) is 10.3 Å². The third-order valence-electron chi connectivity index (χ3n) is 3.23. The normalized spacial score (nSPS) is 12.7. The number of hydrogen-bond acceptors (Lipinski definition) is 4. The Morgan fingerprint density at radius 1 is 1.18 bits per heavy atom. The van der Waals surface area contributed by atoms with Gasteiger partial charge in [0.05, 0.1) is 16.5 Å². The van der Waals surface area contributed by atoms with Crippen molar-refractivity contribution < 1.29 is 13.2 Å². The van der Waals surface area contributed by atoms with Crippen LogP contribution < -0.4 is 10.5 Å². The molecule has 0 fully saturated rings. The third-order valence-corrected chi connectivity index (χ3v) is 4.16. The second kappa shape index (κ2) is 6.25. The zero-order valence-electron chi connectivity index (χ0n) is 12.3. The number of carbonyl (C=O) groups excluding carboxylic acids is 1. The molecular weight excluding hydrogens is 302 g/mol. The number of primary sulfonamides is 1. The summed E-state index contributed by atoms with van der Waals surface area (Å²) in [5.41, 5.74) is 2.09. The summed E-state index contributed by atoms with van der Waals surface area (Å²) in [5, 5.41) is 7.88. The number of nitrogens with one attached hydrogen (secondary N) is 1. The number of amides is 1. The van der Waals surface area contributed by atoms with Gasteiger partial charge in [0, 0.05) is 11.9 Å². The van der Waals surface area contributed by atoms with Gasteiger partial charge in [0.15, 0.2) is 0 Å². The predicted octanol–water partition coefficient (Wildman–Crippen LogP) is 1.53. The average molecular weight is 319 g/mol. The Hall–Kier alpha value is -2.25. The van der Waals surface area contributed by atoms with E-state index >= 15 is 0 Å². The molecule has 6 nitrogen and oxygen atoms in total. The number of rotatable bonds is 4. The lowest BCUT2D eigenvalue weighted by molar-refractivity contribution is 0.0939. The van der Waals surface area contributed by atoms with Crippen LogP contribution in [0, 0.1) is 6.92 Å². The van der Waals surface area contributed by atoms with Gasteiger partial charge in [0.2, 0.25) is 10.0 Å². The van der Waals surface area contributed by atoms with E-state index < -0.39 is 10.0 Å². The first-order valence-corrected chi connectivity index (χ1v) is 8.18. The molecule has 0 saturated carbocycles. The molecule has 3 N–H and O–H groups in total. The summed E-state index contributed by atoms with van der Waals surface area (Å²) in [6.45, 7) is 3.66. The molecule has 0 saturated heterocycles. The van der Waals surface area contributed by atoms with E-state index in [9.17, 15) is 13.2 Å². The Bertz CT molecular complexity index is 769. The van der Waals surface area contributed by atoms with E-state index in [-0.39, 0.29) is 16.8 Å². The zero-order chi connectivity index (χ0) is 16.3. The van der Waals surface area contributed by atoms with Crippen molar-refractivity contribution >= 4 is 15.9 Å². The van der Waals surface area contributed by atoms with Gasteiger partial charge in [-0.25, -0.2) is 13.6 Å². The zero-order valence-corrected chi connectivity index (χ0v) is 13.1. The minimum Gasteiger partial charge on any atom is -0.345 e. The van der Waals surface area contributed by atoms with Crippen LogP contribution in [0.15, 0.2) is 47.5 Å². The third kappa shape index (κ3) is 3.90. The Labute approximate surface area is 129 Å². The van der Waals surface area contributed by atoms with E-state index in [1.54, 1.807) is 24.3 Å². The SMILES string of the molecule is Cc1ccc(C(=O)N[C@H](C)c2ccc(S(N)(=O)=O)cc2)cn1. The van der Waals surface area contributed by atoms with Crippen molar-refractivity contribution in [1.29, 1.82) is 0 Å². The molecule has 0 aliphatic rings. The van der Waals surface area contributed by atoms with Gasteiger partial charge in [0.25, 0.3) is 5.91 Å². The molecule has 0 radical (unpaired) electrons. The van der Waals surface area contributed by atoms with Crippen LogP contribution in [-0.2, 0) is 10.0 Å². The highest BCUT2D eigenvalue weighted by Crippen LogP contribution is 2.16. The van der Waals surface area contributed by atoms with Crippen molar-refractivity contribution in [3.63, 3.8) is 0 Å². The fraction of sp³-hybridized carbons (Fsp3) is 0.200. The van der Waals surface area contributed by atoms with Gasteiger partial charge in [-0.3, -0.25) is 9.78 Å².